The summed E-state index contributed by atoms with van der Waals surface area (Å²) in [6.45, 7) is 1.34. The Balaban J connectivity index is 1.78. The van der Waals surface area contributed by atoms with E-state index in [0.717, 1.165) is 6.61 Å². The molecule has 0 amide bonds. The average molecular weight is 283 g/mol. The van der Waals surface area contributed by atoms with Crippen molar-refractivity contribution in [3.63, 3.8) is 0 Å². The first-order chi connectivity index (χ1) is 9.56. The van der Waals surface area contributed by atoms with Crippen LogP contribution in [0.1, 0.15) is 11.9 Å². The molecule has 0 bridgehead atoms. The summed E-state index contributed by atoms with van der Waals surface area (Å²) in [5.74, 6) is -0.529. The van der Waals surface area contributed by atoms with E-state index >= 15 is 0 Å². The third kappa shape index (κ3) is 2.34. The maximum absolute atomic E-state index is 9.91. The fourth-order valence-electron chi connectivity index (χ4n) is 2.28. The molecule has 5 atom stereocenters. The van der Waals surface area contributed by atoms with Crippen LogP contribution in [0.4, 0.5) is 0 Å². The van der Waals surface area contributed by atoms with Gasteiger partial charge < -0.3 is 34.6 Å². The molecule has 1 unspecified atom stereocenters. The molecule has 2 fully saturated rings. The lowest BCUT2D eigenvalue weighted by Crippen LogP contribution is -2.56. The number of aliphatic hydroxyl groups is 2. The number of aromatic hydroxyl groups is 2. The van der Waals surface area contributed by atoms with Gasteiger partial charge in [-0.3, -0.25) is 0 Å². The fraction of sp³-hybridized carbons (Fsp3) is 0.462. The second kappa shape index (κ2) is 5.19. The Morgan fingerprint density at radius 3 is 2.65 bits per heavy atom. The zero-order chi connectivity index (χ0) is 14.3. The summed E-state index contributed by atoms with van der Waals surface area (Å²) in [7, 11) is 0. The molecule has 20 heavy (non-hydrogen) atoms. The van der Waals surface area contributed by atoms with Gasteiger partial charge in [0.15, 0.2) is 17.8 Å². The van der Waals surface area contributed by atoms with Gasteiger partial charge in [0.25, 0.3) is 0 Å². The summed E-state index contributed by atoms with van der Waals surface area (Å²) < 4.78 is 16.3. The van der Waals surface area contributed by atoms with Crippen LogP contribution in [-0.2, 0) is 14.2 Å². The third-order valence-corrected chi connectivity index (χ3v) is 3.41. The van der Waals surface area contributed by atoms with Crippen LogP contribution >= 0.6 is 0 Å². The summed E-state index contributed by atoms with van der Waals surface area (Å²) in [5.41, 5.74) is 0.495. The van der Waals surface area contributed by atoms with E-state index in [2.05, 4.69) is 0 Å². The van der Waals surface area contributed by atoms with Gasteiger partial charge in [-0.05, 0) is 12.1 Å². The molecule has 3 rings (SSSR count). The minimum atomic E-state index is -1.12. The lowest BCUT2D eigenvalue weighted by molar-refractivity contribution is -0.303. The van der Waals surface area contributed by atoms with Gasteiger partial charge in [0.2, 0.25) is 0 Å². The number of phenols is 2. The van der Waals surface area contributed by atoms with Crippen molar-refractivity contribution >= 4 is 0 Å². The molecule has 0 aliphatic carbocycles. The maximum Gasteiger partial charge on any atom is 0.184 e. The number of benzene rings is 1. The molecule has 2 saturated heterocycles. The van der Waals surface area contributed by atoms with Crippen LogP contribution in [0.3, 0.4) is 0 Å². The third-order valence-electron chi connectivity index (χ3n) is 3.41. The van der Waals surface area contributed by atoms with Crippen molar-refractivity contribution in [2.45, 2.75) is 30.7 Å². The Hall–Kier alpha value is -1.38. The Morgan fingerprint density at radius 2 is 1.90 bits per heavy atom. The van der Waals surface area contributed by atoms with Crippen LogP contribution in [0.15, 0.2) is 18.2 Å². The minimum absolute atomic E-state index is 0.178. The number of fused-ring (bicyclic) bond motifs is 1. The van der Waals surface area contributed by atoms with E-state index in [1.807, 2.05) is 0 Å². The first kappa shape index (κ1) is 13.6. The van der Waals surface area contributed by atoms with Crippen molar-refractivity contribution in [3.8, 4) is 11.5 Å². The van der Waals surface area contributed by atoms with E-state index in [0.29, 0.717) is 5.56 Å². The van der Waals surface area contributed by atoms with Gasteiger partial charge in [0, 0.05) is 5.56 Å². The SMILES string of the molecule is Oc1ccc(C2OC[C@H]3O[CH][C@H](O)[C@@H](O)[C@@H]3O2)cc1O. The van der Waals surface area contributed by atoms with Gasteiger partial charge in [-0.25, -0.2) is 0 Å². The second-order valence-corrected chi connectivity index (χ2v) is 4.81. The highest BCUT2D eigenvalue weighted by atomic mass is 16.7. The largest absolute Gasteiger partial charge is 0.504 e. The Labute approximate surface area is 114 Å². The van der Waals surface area contributed by atoms with Crippen LogP contribution in [0.25, 0.3) is 0 Å². The maximum atomic E-state index is 9.91. The van der Waals surface area contributed by atoms with E-state index in [4.69, 9.17) is 14.2 Å². The molecule has 1 aromatic rings. The van der Waals surface area contributed by atoms with E-state index in [9.17, 15) is 20.4 Å². The molecule has 1 radical (unpaired) electrons. The van der Waals surface area contributed by atoms with Crippen LogP contribution in [0, 0.1) is 6.61 Å². The van der Waals surface area contributed by atoms with Crippen molar-refractivity contribution in [3.05, 3.63) is 30.4 Å². The Kier molecular flexibility index (Phi) is 3.53. The summed E-state index contributed by atoms with van der Waals surface area (Å²) in [6.07, 6.45) is -4.26. The van der Waals surface area contributed by atoms with E-state index < -0.39 is 30.7 Å². The molecule has 7 nitrogen and oxygen atoms in total. The molecule has 2 heterocycles. The molecule has 0 saturated carbocycles. The van der Waals surface area contributed by atoms with Crippen molar-refractivity contribution in [1.82, 2.24) is 0 Å². The second-order valence-electron chi connectivity index (χ2n) is 4.81. The predicted octanol–water partition coefficient (Wildman–Crippen LogP) is -0.206. The number of hydrogen-bond donors (Lipinski definition) is 4. The van der Waals surface area contributed by atoms with Crippen molar-refractivity contribution in [2.75, 3.05) is 6.61 Å². The van der Waals surface area contributed by atoms with Gasteiger partial charge >= 0.3 is 0 Å². The number of hydrogen-bond acceptors (Lipinski definition) is 7. The summed E-state index contributed by atoms with van der Waals surface area (Å²) in [4.78, 5) is 0. The molecule has 7 heteroatoms. The Bertz CT molecular complexity index is 490. The van der Waals surface area contributed by atoms with E-state index in [-0.39, 0.29) is 18.1 Å². The van der Waals surface area contributed by atoms with Crippen molar-refractivity contribution in [1.29, 1.82) is 0 Å². The molecule has 0 spiro atoms. The number of ether oxygens (including phenoxy) is 3. The highest BCUT2D eigenvalue weighted by Crippen LogP contribution is 2.35. The van der Waals surface area contributed by atoms with E-state index in [1.54, 1.807) is 6.07 Å². The quantitative estimate of drug-likeness (QED) is 0.528. The van der Waals surface area contributed by atoms with Gasteiger partial charge in [-0.15, -0.1) is 0 Å². The van der Waals surface area contributed by atoms with Gasteiger partial charge in [0.1, 0.15) is 31.0 Å². The van der Waals surface area contributed by atoms with Gasteiger partial charge in [0.05, 0.1) is 6.61 Å². The van der Waals surface area contributed by atoms with E-state index in [1.165, 1.54) is 12.1 Å². The monoisotopic (exact) mass is 283 g/mol. The standard InChI is InChI=1S/C13H15O7/c14-7-2-1-6(3-8(7)15)13-19-5-10-12(20-13)11(17)9(16)4-18-10/h1-4,9-17H,5H2/t9-,10+,11+,12+,13?/m0/s1. The van der Waals surface area contributed by atoms with Crippen LogP contribution in [-0.4, -0.2) is 51.4 Å². The topological polar surface area (TPSA) is 109 Å². The van der Waals surface area contributed by atoms with Crippen LogP contribution in [0.5, 0.6) is 11.5 Å². The molecular weight excluding hydrogens is 268 g/mol. The lowest BCUT2D eigenvalue weighted by Gasteiger charge is -2.43. The molecule has 0 aromatic heterocycles. The van der Waals surface area contributed by atoms with Crippen LogP contribution in [0.2, 0.25) is 0 Å². The number of aliphatic hydroxyl groups excluding tert-OH is 2. The smallest absolute Gasteiger partial charge is 0.184 e. The molecule has 1 aromatic carbocycles. The zero-order valence-electron chi connectivity index (χ0n) is 10.4. The lowest BCUT2D eigenvalue weighted by atomic mass is 9.99. The van der Waals surface area contributed by atoms with Crippen LogP contribution < -0.4 is 0 Å². The molecule has 2 aliphatic rings. The molecule has 2 aliphatic heterocycles. The first-order valence-electron chi connectivity index (χ1n) is 6.20. The summed E-state index contributed by atoms with van der Waals surface area (Å²) in [6, 6.07) is 4.18. The molecular formula is C13H15O7. The molecule has 109 valence electrons. The average Bonchev–Trinajstić information content (AvgIpc) is 2.46. The highest BCUT2D eigenvalue weighted by Gasteiger charge is 2.44. The normalized spacial score (nSPS) is 37.4. The van der Waals surface area contributed by atoms with Crippen molar-refractivity contribution in [2.24, 2.45) is 0 Å². The fourth-order valence-corrected chi connectivity index (χ4v) is 2.28. The minimum Gasteiger partial charge on any atom is -0.504 e. The number of rotatable bonds is 1. The Morgan fingerprint density at radius 1 is 1.10 bits per heavy atom. The van der Waals surface area contributed by atoms with Crippen molar-refractivity contribution < 1.29 is 34.6 Å². The number of phenolic OH excluding ortho intramolecular Hbond substituents is 2. The zero-order valence-corrected chi connectivity index (χ0v) is 10.4. The molecule has 4 N–H and O–H groups in total. The first-order valence-corrected chi connectivity index (χ1v) is 6.20. The highest BCUT2D eigenvalue weighted by molar-refractivity contribution is 5.41. The van der Waals surface area contributed by atoms with Gasteiger partial charge in [-0.2, -0.15) is 0 Å². The summed E-state index contributed by atoms with van der Waals surface area (Å²) >= 11 is 0. The predicted molar refractivity (Wildman–Crippen MR) is 64.5 cm³/mol. The summed E-state index contributed by atoms with van der Waals surface area (Å²) in [5, 5.41) is 38.2. The van der Waals surface area contributed by atoms with Gasteiger partial charge in [-0.1, -0.05) is 6.07 Å².